The number of nitrogens with one attached hydrogen (secondary N) is 1. The summed E-state index contributed by atoms with van der Waals surface area (Å²) in [6, 6.07) is 0.796. The number of halogens is 3. The molecule has 0 spiro atoms. The second-order valence-electron chi connectivity index (χ2n) is 3.92. The molecule has 1 aromatic heterocycles. The van der Waals surface area contributed by atoms with E-state index in [2.05, 4.69) is 14.7 Å². The van der Waals surface area contributed by atoms with E-state index in [-0.39, 0.29) is 11.5 Å². The Morgan fingerprint density at radius 2 is 1.89 bits per heavy atom. The summed E-state index contributed by atoms with van der Waals surface area (Å²) in [5.74, 6) is -0.238. The number of hydrogen-bond acceptors (Lipinski definition) is 4. The third-order valence-electron chi connectivity index (χ3n) is 2.08. The van der Waals surface area contributed by atoms with Gasteiger partial charge < -0.3 is 0 Å². The molecule has 0 aliphatic heterocycles. The van der Waals surface area contributed by atoms with E-state index in [1.165, 1.54) is 21.0 Å². The molecule has 1 heterocycles. The Morgan fingerprint density at radius 3 is 2.37 bits per heavy atom. The molecule has 1 aromatic rings. The molecule has 0 fully saturated rings. The molecule has 108 valence electrons. The van der Waals surface area contributed by atoms with Crippen LogP contribution in [-0.4, -0.2) is 36.8 Å². The van der Waals surface area contributed by atoms with Crippen molar-refractivity contribution >= 4 is 10.2 Å². The Labute approximate surface area is 108 Å². The van der Waals surface area contributed by atoms with Crippen molar-refractivity contribution in [1.82, 2.24) is 19.0 Å². The molecule has 6 nitrogen and oxygen atoms in total. The maximum absolute atomic E-state index is 12.5. The lowest BCUT2D eigenvalue weighted by atomic mass is 10.3. The largest absolute Gasteiger partial charge is 0.433 e. The highest BCUT2D eigenvalue weighted by molar-refractivity contribution is 7.87. The van der Waals surface area contributed by atoms with E-state index in [0.717, 1.165) is 10.4 Å². The molecule has 0 atom stereocenters. The molecule has 0 aliphatic rings. The van der Waals surface area contributed by atoms with Crippen LogP contribution in [0.3, 0.4) is 0 Å². The fourth-order valence-corrected chi connectivity index (χ4v) is 1.71. The van der Waals surface area contributed by atoms with Crippen molar-refractivity contribution in [1.29, 1.82) is 0 Å². The van der Waals surface area contributed by atoms with Gasteiger partial charge in [-0.2, -0.15) is 30.6 Å². The molecule has 10 heteroatoms. The summed E-state index contributed by atoms with van der Waals surface area (Å²) in [5.41, 5.74) is -0.986. The highest BCUT2D eigenvalue weighted by atomic mass is 32.2. The Bertz CT molecular complexity index is 557. The van der Waals surface area contributed by atoms with Gasteiger partial charge in [0, 0.05) is 19.8 Å². The minimum Gasteiger partial charge on any atom is -0.237 e. The fourth-order valence-electron chi connectivity index (χ4n) is 1.14. The highest BCUT2D eigenvalue weighted by Crippen LogP contribution is 2.27. The van der Waals surface area contributed by atoms with Crippen LogP contribution in [-0.2, 0) is 22.9 Å². The van der Waals surface area contributed by atoms with Gasteiger partial charge in [0.15, 0.2) is 0 Å². The maximum atomic E-state index is 12.5. The van der Waals surface area contributed by atoms with Gasteiger partial charge in [-0.05, 0) is 13.0 Å². The first-order chi connectivity index (χ1) is 8.52. The van der Waals surface area contributed by atoms with Crippen molar-refractivity contribution in [2.45, 2.75) is 19.6 Å². The molecule has 1 N–H and O–H groups in total. The van der Waals surface area contributed by atoms with E-state index in [1.807, 2.05) is 0 Å². The minimum absolute atomic E-state index is 0.112. The smallest absolute Gasteiger partial charge is 0.237 e. The summed E-state index contributed by atoms with van der Waals surface area (Å²) in [5, 5.41) is 0. The first-order valence-corrected chi connectivity index (χ1v) is 6.55. The Hall–Kier alpha value is -1.26. The van der Waals surface area contributed by atoms with Crippen LogP contribution in [0.1, 0.15) is 17.2 Å². The zero-order chi connectivity index (χ0) is 14.8. The maximum Gasteiger partial charge on any atom is 0.433 e. The molecule has 1 rings (SSSR count). The molecule has 0 aliphatic carbocycles. The number of aryl methyl sites for hydroxylation is 1. The van der Waals surface area contributed by atoms with Gasteiger partial charge in [-0.3, -0.25) is 0 Å². The normalized spacial score (nSPS) is 13.0. The van der Waals surface area contributed by atoms with Crippen LogP contribution >= 0.6 is 0 Å². The van der Waals surface area contributed by atoms with E-state index in [9.17, 15) is 21.6 Å². The molecular weight excluding hydrogens is 285 g/mol. The van der Waals surface area contributed by atoms with Crippen LogP contribution in [0.2, 0.25) is 0 Å². The van der Waals surface area contributed by atoms with Gasteiger partial charge in [-0.1, -0.05) is 0 Å². The van der Waals surface area contributed by atoms with Gasteiger partial charge in [0.25, 0.3) is 10.2 Å². The quantitative estimate of drug-likeness (QED) is 0.888. The summed E-state index contributed by atoms with van der Waals surface area (Å²) in [6.07, 6.45) is -4.59. The van der Waals surface area contributed by atoms with E-state index in [4.69, 9.17) is 0 Å². The third-order valence-corrected chi connectivity index (χ3v) is 3.55. The van der Waals surface area contributed by atoms with E-state index in [1.54, 1.807) is 0 Å². The number of aromatic nitrogens is 2. The van der Waals surface area contributed by atoms with Crippen LogP contribution in [0.15, 0.2) is 6.07 Å². The van der Waals surface area contributed by atoms with Gasteiger partial charge in [0.05, 0.1) is 6.54 Å². The van der Waals surface area contributed by atoms with Crippen molar-refractivity contribution in [2.75, 3.05) is 14.1 Å². The first-order valence-electron chi connectivity index (χ1n) is 5.11. The molecule has 0 amide bonds. The topological polar surface area (TPSA) is 75.2 Å². The number of rotatable bonds is 4. The number of nitrogens with zero attached hydrogens (tertiary/aromatic N) is 3. The predicted octanol–water partition coefficient (Wildman–Crippen LogP) is 0.700. The number of alkyl halides is 3. The summed E-state index contributed by atoms with van der Waals surface area (Å²) in [7, 11) is -1.15. The molecule has 0 aromatic carbocycles. The highest BCUT2D eigenvalue weighted by Gasteiger charge is 2.33. The van der Waals surface area contributed by atoms with Gasteiger partial charge >= 0.3 is 6.18 Å². The van der Waals surface area contributed by atoms with Crippen LogP contribution in [0, 0.1) is 6.92 Å². The Kier molecular flexibility index (Phi) is 4.48. The second-order valence-corrected chi connectivity index (χ2v) is 5.89. The van der Waals surface area contributed by atoms with Crippen LogP contribution in [0.25, 0.3) is 0 Å². The van der Waals surface area contributed by atoms with Crippen molar-refractivity contribution in [3.05, 3.63) is 23.3 Å². The average molecular weight is 298 g/mol. The summed E-state index contributed by atoms with van der Waals surface area (Å²) in [6.45, 7) is 0.964. The minimum atomic E-state index is -4.59. The molecule has 0 saturated heterocycles. The monoisotopic (exact) mass is 298 g/mol. The molecule has 19 heavy (non-hydrogen) atoms. The zero-order valence-electron chi connectivity index (χ0n) is 10.5. The standard InChI is InChI=1S/C9H13F3N4O2S/c1-6-4-7(9(10,11)12)15-8(14-6)5-13-19(17,18)16(2)3/h4,13H,5H2,1-3H3. The van der Waals surface area contributed by atoms with Crippen molar-refractivity contribution in [3.63, 3.8) is 0 Å². The molecular formula is C9H13F3N4O2S. The van der Waals surface area contributed by atoms with Gasteiger partial charge in [-0.25, -0.2) is 9.97 Å². The molecule has 0 unspecified atom stereocenters. The van der Waals surface area contributed by atoms with E-state index in [0.29, 0.717) is 0 Å². The lowest BCUT2D eigenvalue weighted by Crippen LogP contribution is -2.35. The van der Waals surface area contributed by atoms with Gasteiger partial charge in [0.2, 0.25) is 0 Å². The van der Waals surface area contributed by atoms with Gasteiger partial charge in [-0.15, -0.1) is 0 Å². The summed E-state index contributed by atoms with van der Waals surface area (Å²) >= 11 is 0. The average Bonchev–Trinajstić information content (AvgIpc) is 2.24. The SMILES string of the molecule is Cc1cc(C(F)(F)F)nc(CNS(=O)(=O)N(C)C)n1. The van der Waals surface area contributed by atoms with Crippen LogP contribution in [0.5, 0.6) is 0 Å². The first kappa shape index (κ1) is 15.8. The predicted molar refractivity (Wildman–Crippen MR) is 61.2 cm³/mol. The number of hydrogen-bond donors (Lipinski definition) is 1. The second kappa shape index (κ2) is 5.39. The molecule has 0 saturated carbocycles. The van der Waals surface area contributed by atoms with Gasteiger partial charge in [0.1, 0.15) is 11.5 Å². The van der Waals surface area contributed by atoms with E-state index < -0.39 is 28.6 Å². The van der Waals surface area contributed by atoms with Crippen molar-refractivity contribution in [3.8, 4) is 0 Å². The van der Waals surface area contributed by atoms with Crippen LogP contribution < -0.4 is 4.72 Å². The fraction of sp³-hybridized carbons (Fsp3) is 0.556. The Morgan fingerprint density at radius 1 is 1.32 bits per heavy atom. The van der Waals surface area contributed by atoms with Crippen LogP contribution in [0.4, 0.5) is 13.2 Å². The lowest BCUT2D eigenvalue weighted by Gasteiger charge is -2.13. The van der Waals surface area contributed by atoms with E-state index >= 15 is 0 Å². The summed E-state index contributed by atoms with van der Waals surface area (Å²) < 4.78 is 63.3. The van der Waals surface area contributed by atoms with Crippen molar-refractivity contribution in [2.24, 2.45) is 0 Å². The van der Waals surface area contributed by atoms with Crippen molar-refractivity contribution < 1.29 is 21.6 Å². The lowest BCUT2D eigenvalue weighted by molar-refractivity contribution is -0.141. The molecule has 0 radical (unpaired) electrons. The zero-order valence-corrected chi connectivity index (χ0v) is 11.3. The summed E-state index contributed by atoms with van der Waals surface area (Å²) in [4.78, 5) is 7.04. The third kappa shape index (κ3) is 4.40. The Balaban J connectivity index is 2.95. The molecule has 0 bridgehead atoms.